The standard InChI is InChI=1S/C20H22ClF2N5O3S/c1-32(30,31)14-8-16(22)15(17(23)9-14)12-27-6-7-28(20(27)29)13-2-4-26(5-3-13)19-11-24-18(21)10-25-19/h8-11,13H,2-7,12H2,1H3. The van der Waals surface area contributed by atoms with Crippen molar-refractivity contribution < 1.29 is 22.0 Å². The lowest BCUT2D eigenvalue weighted by Crippen LogP contribution is -2.46. The first-order valence-corrected chi connectivity index (χ1v) is 12.4. The van der Waals surface area contributed by atoms with Crippen LogP contribution < -0.4 is 4.90 Å². The second-order valence-electron chi connectivity index (χ2n) is 7.95. The molecule has 0 N–H and O–H groups in total. The minimum atomic E-state index is -3.74. The number of halogens is 3. The van der Waals surface area contributed by atoms with Gasteiger partial charge in [-0.1, -0.05) is 11.6 Å². The van der Waals surface area contributed by atoms with E-state index in [-0.39, 0.29) is 24.2 Å². The fourth-order valence-corrected chi connectivity index (χ4v) is 4.83. The van der Waals surface area contributed by atoms with Gasteiger partial charge in [0.25, 0.3) is 0 Å². The van der Waals surface area contributed by atoms with Crippen molar-refractivity contribution in [2.75, 3.05) is 37.3 Å². The Morgan fingerprint density at radius 1 is 1.06 bits per heavy atom. The van der Waals surface area contributed by atoms with E-state index in [1.807, 2.05) is 0 Å². The Labute approximate surface area is 189 Å². The Balaban J connectivity index is 1.39. The van der Waals surface area contributed by atoms with Crippen molar-refractivity contribution in [3.63, 3.8) is 0 Å². The molecule has 2 aliphatic heterocycles. The van der Waals surface area contributed by atoms with Gasteiger partial charge in [-0.2, -0.15) is 0 Å². The van der Waals surface area contributed by atoms with Gasteiger partial charge in [0, 0.05) is 44.0 Å². The van der Waals surface area contributed by atoms with E-state index < -0.39 is 26.4 Å². The Kier molecular flexibility index (Phi) is 6.22. The van der Waals surface area contributed by atoms with Crippen LogP contribution in [0.15, 0.2) is 29.4 Å². The molecule has 2 amide bonds. The molecule has 0 aliphatic carbocycles. The van der Waals surface area contributed by atoms with Gasteiger partial charge in [0.2, 0.25) is 0 Å². The smallest absolute Gasteiger partial charge is 0.320 e. The molecule has 0 atom stereocenters. The summed E-state index contributed by atoms with van der Waals surface area (Å²) < 4.78 is 52.0. The molecule has 4 rings (SSSR count). The summed E-state index contributed by atoms with van der Waals surface area (Å²) in [5, 5.41) is 0.324. The lowest BCUT2D eigenvalue weighted by Gasteiger charge is -2.36. The average Bonchev–Trinajstić information content (AvgIpc) is 3.11. The number of benzene rings is 1. The Morgan fingerprint density at radius 2 is 1.72 bits per heavy atom. The van der Waals surface area contributed by atoms with Crippen LogP contribution in [0.2, 0.25) is 5.15 Å². The highest BCUT2D eigenvalue weighted by atomic mass is 35.5. The van der Waals surface area contributed by atoms with E-state index in [1.165, 1.54) is 11.1 Å². The molecule has 8 nitrogen and oxygen atoms in total. The third-order valence-corrected chi connectivity index (χ3v) is 7.14. The summed E-state index contributed by atoms with van der Waals surface area (Å²) in [4.78, 5) is 26.0. The number of nitrogens with zero attached hydrogens (tertiary/aromatic N) is 5. The first-order chi connectivity index (χ1) is 15.1. The van der Waals surface area contributed by atoms with Crippen LogP contribution >= 0.6 is 11.6 Å². The van der Waals surface area contributed by atoms with E-state index in [0.717, 1.165) is 37.0 Å². The zero-order valence-corrected chi connectivity index (χ0v) is 18.9. The van der Waals surface area contributed by atoms with Crippen LogP contribution in [-0.4, -0.2) is 72.7 Å². The number of rotatable bonds is 5. The Morgan fingerprint density at radius 3 is 2.28 bits per heavy atom. The molecule has 3 heterocycles. The van der Waals surface area contributed by atoms with Gasteiger partial charge in [0.1, 0.15) is 22.6 Å². The van der Waals surface area contributed by atoms with Gasteiger partial charge in [0.15, 0.2) is 9.84 Å². The van der Waals surface area contributed by atoms with E-state index in [4.69, 9.17) is 11.6 Å². The van der Waals surface area contributed by atoms with Crippen molar-refractivity contribution in [3.05, 3.63) is 46.9 Å². The van der Waals surface area contributed by atoms with Crippen LogP contribution in [0.5, 0.6) is 0 Å². The van der Waals surface area contributed by atoms with Crippen molar-refractivity contribution in [1.82, 2.24) is 19.8 Å². The summed E-state index contributed by atoms with van der Waals surface area (Å²) in [5.74, 6) is -1.23. The number of amides is 2. The van der Waals surface area contributed by atoms with Crippen molar-refractivity contribution in [1.29, 1.82) is 0 Å². The molecule has 172 valence electrons. The van der Waals surface area contributed by atoms with E-state index in [1.54, 1.807) is 11.1 Å². The fraction of sp³-hybridized carbons (Fsp3) is 0.450. The highest BCUT2D eigenvalue weighted by molar-refractivity contribution is 7.90. The summed E-state index contributed by atoms with van der Waals surface area (Å²) in [5.41, 5.74) is -0.316. The van der Waals surface area contributed by atoms with Crippen LogP contribution in [0.3, 0.4) is 0 Å². The number of anilines is 1. The highest BCUT2D eigenvalue weighted by Gasteiger charge is 2.36. The number of carbonyl (C=O) groups excluding carboxylic acids is 1. The lowest BCUT2D eigenvalue weighted by molar-refractivity contribution is 0.166. The maximum absolute atomic E-state index is 14.4. The fourth-order valence-electron chi connectivity index (χ4n) is 4.10. The third kappa shape index (κ3) is 4.63. The number of hydrogen-bond donors (Lipinski definition) is 0. The maximum Gasteiger partial charge on any atom is 0.320 e. The summed E-state index contributed by atoms with van der Waals surface area (Å²) in [6, 6.07) is 1.33. The molecule has 32 heavy (non-hydrogen) atoms. The number of carbonyl (C=O) groups is 1. The second kappa shape index (κ2) is 8.78. The van der Waals surface area contributed by atoms with Crippen molar-refractivity contribution >= 4 is 33.3 Å². The third-order valence-electron chi connectivity index (χ3n) is 5.85. The number of piperidine rings is 1. The van der Waals surface area contributed by atoms with E-state index >= 15 is 0 Å². The minimum absolute atomic E-state index is 0.0197. The molecular formula is C20H22ClF2N5O3S. The van der Waals surface area contributed by atoms with E-state index in [0.29, 0.717) is 31.3 Å². The number of urea groups is 1. The van der Waals surface area contributed by atoms with Gasteiger partial charge < -0.3 is 14.7 Å². The number of sulfone groups is 1. The molecule has 12 heteroatoms. The molecule has 0 unspecified atom stereocenters. The van der Waals surface area contributed by atoms with Gasteiger partial charge in [-0.15, -0.1) is 0 Å². The van der Waals surface area contributed by atoms with Crippen LogP contribution in [-0.2, 0) is 16.4 Å². The quantitative estimate of drug-likeness (QED) is 0.647. The van der Waals surface area contributed by atoms with Crippen molar-refractivity contribution in [3.8, 4) is 0 Å². The summed E-state index contributed by atoms with van der Waals surface area (Å²) >= 11 is 5.78. The molecule has 2 aliphatic rings. The van der Waals surface area contributed by atoms with Crippen LogP contribution in [0.25, 0.3) is 0 Å². The number of hydrogen-bond acceptors (Lipinski definition) is 6. The predicted octanol–water partition coefficient (Wildman–Crippen LogP) is 2.72. The zero-order valence-electron chi connectivity index (χ0n) is 17.3. The van der Waals surface area contributed by atoms with Crippen LogP contribution in [0, 0.1) is 11.6 Å². The molecule has 0 radical (unpaired) electrons. The predicted molar refractivity (Wildman–Crippen MR) is 114 cm³/mol. The molecule has 2 saturated heterocycles. The van der Waals surface area contributed by atoms with Gasteiger partial charge >= 0.3 is 6.03 Å². The first-order valence-electron chi connectivity index (χ1n) is 10.1. The molecule has 1 aromatic carbocycles. The zero-order chi connectivity index (χ0) is 23.0. The topological polar surface area (TPSA) is 86.7 Å². The largest absolute Gasteiger partial charge is 0.355 e. The van der Waals surface area contributed by atoms with Gasteiger partial charge in [-0.05, 0) is 25.0 Å². The van der Waals surface area contributed by atoms with E-state index in [2.05, 4.69) is 14.9 Å². The van der Waals surface area contributed by atoms with Gasteiger partial charge in [-0.25, -0.2) is 32.0 Å². The minimum Gasteiger partial charge on any atom is -0.355 e. The van der Waals surface area contributed by atoms with Crippen LogP contribution in [0.4, 0.5) is 19.4 Å². The molecular weight excluding hydrogens is 464 g/mol. The monoisotopic (exact) mass is 485 g/mol. The molecule has 0 saturated carbocycles. The molecule has 2 aromatic rings. The SMILES string of the molecule is CS(=O)(=O)c1cc(F)c(CN2CCN(C3CCN(c4cnc(Cl)cn4)CC3)C2=O)c(F)c1. The van der Waals surface area contributed by atoms with Crippen molar-refractivity contribution in [2.24, 2.45) is 0 Å². The molecule has 0 bridgehead atoms. The number of aromatic nitrogens is 2. The summed E-state index contributed by atoms with van der Waals surface area (Å²) in [7, 11) is -3.74. The van der Waals surface area contributed by atoms with Crippen molar-refractivity contribution in [2.45, 2.75) is 30.3 Å². The lowest BCUT2D eigenvalue weighted by atomic mass is 10.0. The molecule has 0 spiro atoms. The Bertz CT molecular complexity index is 1100. The summed E-state index contributed by atoms with van der Waals surface area (Å²) in [6.45, 7) is 1.95. The summed E-state index contributed by atoms with van der Waals surface area (Å²) in [6.07, 6.45) is 5.45. The maximum atomic E-state index is 14.4. The Hall–Kier alpha value is -2.53. The first kappa shape index (κ1) is 22.7. The second-order valence-corrected chi connectivity index (χ2v) is 10.4. The van der Waals surface area contributed by atoms with Gasteiger partial charge in [0.05, 0.1) is 23.8 Å². The molecule has 2 fully saturated rings. The average molecular weight is 486 g/mol. The molecule has 1 aromatic heterocycles. The van der Waals surface area contributed by atoms with Crippen LogP contribution in [0.1, 0.15) is 18.4 Å². The van der Waals surface area contributed by atoms with E-state index in [9.17, 15) is 22.0 Å². The highest BCUT2D eigenvalue weighted by Crippen LogP contribution is 2.26. The normalized spacial score (nSPS) is 18.0. The van der Waals surface area contributed by atoms with Gasteiger partial charge in [-0.3, -0.25) is 0 Å².